The van der Waals surface area contributed by atoms with Crippen LogP contribution in [0.15, 0.2) is 27.1 Å². The Morgan fingerprint density at radius 2 is 2.04 bits per heavy atom. The average molecular weight is 375 g/mol. The van der Waals surface area contributed by atoms with Gasteiger partial charge in [0.2, 0.25) is 0 Å². The molecule has 2 aromatic heterocycles. The van der Waals surface area contributed by atoms with Crippen molar-refractivity contribution in [3.05, 3.63) is 48.8 Å². The molecule has 1 atom stereocenters. The Morgan fingerprint density at radius 3 is 2.65 bits per heavy atom. The number of morpholine rings is 1. The Kier molecular flexibility index (Phi) is 5.56. The van der Waals surface area contributed by atoms with Crippen molar-refractivity contribution in [1.82, 2.24) is 14.0 Å². The molecule has 138 valence electrons. The second-order valence-corrected chi connectivity index (χ2v) is 7.08. The minimum Gasteiger partial charge on any atom is -0.379 e. The largest absolute Gasteiger partial charge is 0.379 e. The number of aromatic nitrogens is 2. The first-order valence-corrected chi connectivity index (χ1v) is 9.21. The molecule has 26 heavy (non-hydrogen) atoms. The summed E-state index contributed by atoms with van der Waals surface area (Å²) < 4.78 is 7.70. The Hall–Kier alpha value is -2.41. The highest BCUT2D eigenvalue weighted by Gasteiger charge is 2.24. The van der Waals surface area contributed by atoms with Gasteiger partial charge in [-0.15, -0.1) is 11.3 Å². The molecule has 2 aromatic rings. The number of hydrogen-bond donors (Lipinski definition) is 1. The van der Waals surface area contributed by atoms with Crippen LogP contribution in [0.1, 0.15) is 16.5 Å². The zero-order valence-electron chi connectivity index (χ0n) is 14.8. The molecule has 8 nitrogen and oxygen atoms in total. The third-order valence-corrected chi connectivity index (χ3v) is 5.57. The number of nitrogens with one attached hydrogen (secondary N) is 1. The number of ether oxygens (including phenoxy) is 1. The lowest BCUT2D eigenvalue weighted by Crippen LogP contribution is -2.43. The summed E-state index contributed by atoms with van der Waals surface area (Å²) in [6.45, 7) is 3.46. The van der Waals surface area contributed by atoms with Gasteiger partial charge in [0.05, 0.1) is 19.3 Å². The molecular formula is C17H21N5O3S. The van der Waals surface area contributed by atoms with E-state index in [9.17, 15) is 14.9 Å². The smallest absolute Gasteiger partial charge is 0.332 e. The molecule has 1 saturated heterocycles. The molecule has 3 rings (SSSR count). The van der Waals surface area contributed by atoms with E-state index in [0.717, 1.165) is 17.7 Å². The Bertz CT molecular complexity index is 920. The van der Waals surface area contributed by atoms with Crippen molar-refractivity contribution in [3.8, 4) is 6.07 Å². The van der Waals surface area contributed by atoms with E-state index in [4.69, 9.17) is 4.74 Å². The van der Waals surface area contributed by atoms with E-state index >= 15 is 0 Å². The first-order valence-electron chi connectivity index (χ1n) is 8.33. The molecule has 0 amide bonds. The molecule has 0 bridgehead atoms. The van der Waals surface area contributed by atoms with Gasteiger partial charge in [0.25, 0.3) is 5.56 Å². The third-order valence-electron chi connectivity index (χ3n) is 4.60. The monoisotopic (exact) mass is 375 g/mol. The van der Waals surface area contributed by atoms with Gasteiger partial charge in [0, 0.05) is 38.6 Å². The van der Waals surface area contributed by atoms with Crippen LogP contribution in [0.25, 0.3) is 0 Å². The van der Waals surface area contributed by atoms with E-state index in [0.29, 0.717) is 19.8 Å². The van der Waals surface area contributed by atoms with Crippen molar-refractivity contribution in [3.63, 3.8) is 0 Å². The van der Waals surface area contributed by atoms with Crippen LogP contribution < -0.4 is 16.6 Å². The van der Waals surface area contributed by atoms with E-state index < -0.39 is 11.2 Å². The molecule has 0 aromatic carbocycles. The van der Waals surface area contributed by atoms with Gasteiger partial charge in [-0.25, -0.2) is 4.79 Å². The number of nitrogens with zero attached hydrogens (tertiary/aromatic N) is 4. The fraction of sp³-hybridized carbons (Fsp3) is 0.471. The van der Waals surface area contributed by atoms with E-state index in [1.54, 1.807) is 18.4 Å². The maximum absolute atomic E-state index is 12.2. The summed E-state index contributed by atoms with van der Waals surface area (Å²) in [5, 5.41) is 14.6. The van der Waals surface area contributed by atoms with Gasteiger partial charge in [-0.05, 0) is 11.4 Å². The van der Waals surface area contributed by atoms with Gasteiger partial charge in [0.1, 0.15) is 11.9 Å². The van der Waals surface area contributed by atoms with Crippen LogP contribution in [0.4, 0.5) is 5.82 Å². The first kappa shape index (κ1) is 18.4. The molecule has 0 spiro atoms. The Balaban J connectivity index is 1.92. The van der Waals surface area contributed by atoms with E-state index in [1.807, 2.05) is 17.5 Å². The average Bonchev–Trinajstić information content (AvgIpc) is 3.19. The molecule has 1 fully saturated rings. The van der Waals surface area contributed by atoms with Crippen LogP contribution in [0.5, 0.6) is 0 Å². The van der Waals surface area contributed by atoms with Gasteiger partial charge in [-0.3, -0.25) is 18.8 Å². The number of anilines is 1. The van der Waals surface area contributed by atoms with Crippen molar-refractivity contribution < 1.29 is 4.74 Å². The summed E-state index contributed by atoms with van der Waals surface area (Å²) in [5.74, 6) is 0.260. The van der Waals surface area contributed by atoms with Gasteiger partial charge < -0.3 is 10.1 Å². The fourth-order valence-electron chi connectivity index (χ4n) is 3.12. The minimum absolute atomic E-state index is 0.0542. The molecule has 1 aliphatic heterocycles. The molecule has 0 saturated carbocycles. The summed E-state index contributed by atoms with van der Waals surface area (Å²) in [5.41, 5.74) is -1.10. The molecule has 9 heteroatoms. The summed E-state index contributed by atoms with van der Waals surface area (Å²) in [6.07, 6.45) is 0. The van der Waals surface area contributed by atoms with Gasteiger partial charge in [-0.1, -0.05) is 6.07 Å². The Morgan fingerprint density at radius 1 is 1.31 bits per heavy atom. The third kappa shape index (κ3) is 3.44. The highest BCUT2D eigenvalue weighted by Crippen LogP contribution is 2.26. The second-order valence-electron chi connectivity index (χ2n) is 6.10. The number of rotatable bonds is 5. The zero-order valence-corrected chi connectivity index (χ0v) is 15.6. The summed E-state index contributed by atoms with van der Waals surface area (Å²) in [7, 11) is 2.93. The van der Waals surface area contributed by atoms with E-state index in [1.165, 1.54) is 16.5 Å². The predicted octanol–water partition coefficient (Wildman–Crippen LogP) is 0.503. The topological polar surface area (TPSA) is 92.3 Å². The van der Waals surface area contributed by atoms with Crippen LogP contribution in [0, 0.1) is 11.3 Å². The second kappa shape index (κ2) is 7.86. The highest BCUT2D eigenvalue weighted by atomic mass is 32.1. The van der Waals surface area contributed by atoms with Crippen LogP contribution in [0.3, 0.4) is 0 Å². The molecule has 1 aliphatic rings. The summed E-state index contributed by atoms with van der Waals surface area (Å²) in [6, 6.07) is 6.07. The summed E-state index contributed by atoms with van der Waals surface area (Å²) in [4.78, 5) is 27.9. The van der Waals surface area contributed by atoms with Crippen LogP contribution in [-0.4, -0.2) is 46.9 Å². The van der Waals surface area contributed by atoms with Crippen molar-refractivity contribution in [2.24, 2.45) is 14.1 Å². The van der Waals surface area contributed by atoms with E-state index in [2.05, 4.69) is 16.3 Å². The number of thiophene rings is 1. The van der Waals surface area contributed by atoms with Crippen molar-refractivity contribution in [1.29, 1.82) is 5.26 Å². The van der Waals surface area contributed by atoms with Crippen molar-refractivity contribution in [2.75, 3.05) is 38.2 Å². The lowest BCUT2D eigenvalue weighted by atomic mass is 10.2. The highest BCUT2D eigenvalue weighted by molar-refractivity contribution is 7.10. The van der Waals surface area contributed by atoms with Crippen molar-refractivity contribution >= 4 is 17.2 Å². The molecule has 3 heterocycles. The molecule has 0 aliphatic carbocycles. The molecule has 0 radical (unpaired) electrons. The van der Waals surface area contributed by atoms with Crippen molar-refractivity contribution in [2.45, 2.75) is 6.04 Å². The Labute approximate surface area is 154 Å². The normalized spacial score (nSPS) is 16.2. The van der Waals surface area contributed by atoms with Crippen LogP contribution in [-0.2, 0) is 18.8 Å². The number of hydrogen-bond acceptors (Lipinski definition) is 7. The minimum atomic E-state index is -0.586. The molecule has 0 unspecified atom stereocenters. The maximum atomic E-state index is 12.2. The predicted molar refractivity (Wildman–Crippen MR) is 99.6 cm³/mol. The fourth-order valence-corrected chi connectivity index (χ4v) is 3.99. The van der Waals surface area contributed by atoms with Gasteiger partial charge in [0.15, 0.2) is 5.56 Å². The SMILES string of the molecule is Cn1c(NC[C@@H](c2cccs2)N2CCOCC2)c(C#N)c(=O)n(C)c1=O. The zero-order chi connectivity index (χ0) is 18.7. The number of nitriles is 1. The molecular weight excluding hydrogens is 354 g/mol. The maximum Gasteiger partial charge on any atom is 0.332 e. The van der Waals surface area contributed by atoms with Crippen LogP contribution >= 0.6 is 11.3 Å². The van der Waals surface area contributed by atoms with E-state index in [-0.39, 0.29) is 17.4 Å². The first-order chi connectivity index (χ1) is 12.5. The van der Waals surface area contributed by atoms with Gasteiger partial charge in [-0.2, -0.15) is 5.26 Å². The lowest BCUT2D eigenvalue weighted by Gasteiger charge is -2.34. The quantitative estimate of drug-likeness (QED) is 0.818. The lowest BCUT2D eigenvalue weighted by molar-refractivity contribution is 0.0193. The molecule has 1 N–H and O–H groups in total. The standard InChI is InChI=1S/C17H21N5O3S/c1-20-15(12(10-18)16(23)21(2)17(20)24)19-11-13(14-4-3-9-26-14)22-5-7-25-8-6-22/h3-4,9,13,19H,5-8,11H2,1-2H3/t13-/m0/s1. The summed E-state index contributed by atoms with van der Waals surface area (Å²) >= 11 is 1.66. The van der Waals surface area contributed by atoms with Gasteiger partial charge >= 0.3 is 5.69 Å². The van der Waals surface area contributed by atoms with Crippen LogP contribution in [0.2, 0.25) is 0 Å².